The van der Waals surface area contributed by atoms with Crippen LogP contribution in [-0.4, -0.2) is 42.9 Å². The van der Waals surface area contributed by atoms with Gasteiger partial charge in [0.1, 0.15) is 16.4 Å². The lowest BCUT2D eigenvalue weighted by molar-refractivity contribution is 0.256. The number of aliphatic imine (C=N–C) groups is 1. The molecule has 0 fully saturated rings. The van der Waals surface area contributed by atoms with E-state index in [1.807, 2.05) is 4.72 Å². The minimum atomic E-state index is -4.08. The summed E-state index contributed by atoms with van der Waals surface area (Å²) in [5, 5.41) is 6.14. The Hall–Kier alpha value is -3.45. The van der Waals surface area contributed by atoms with Gasteiger partial charge in [-0.3, -0.25) is 14.4 Å². The highest BCUT2D eigenvalue weighted by atomic mass is 35.5. The lowest BCUT2D eigenvalue weighted by atomic mass is 10.1. The van der Waals surface area contributed by atoms with Crippen LogP contribution in [0.25, 0.3) is 16.6 Å². The summed E-state index contributed by atoms with van der Waals surface area (Å²) in [5.41, 5.74) is 1.60. The van der Waals surface area contributed by atoms with E-state index in [0.29, 0.717) is 23.1 Å². The van der Waals surface area contributed by atoms with Crippen LogP contribution in [0.3, 0.4) is 0 Å². The summed E-state index contributed by atoms with van der Waals surface area (Å²) in [4.78, 5) is 34.2. The predicted molar refractivity (Wildman–Crippen MR) is 140 cm³/mol. The van der Waals surface area contributed by atoms with E-state index >= 15 is 0 Å². The van der Waals surface area contributed by atoms with Crippen LogP contribution in [0.4, 0.5) is 10.5 Å². The summed E-state index contributed by atoms with van der Waals surface area (Å²) in [7, 11) is -4.08. The number of aromatic nitrogens is 2. The lowest BCUT2D eigenvalue weighted by Crippen LogP contribution is -2.33. The van der Waals surface area contributed by atoms with Crippen molar-refractivity contribution in [2.24, 2.45) is 4.99 Å². The number of benzene rings is 2. The number of sulfonamides is 1. The number of carbonyl (C=O) groups excluding carboxylic acids is 1. The quantitative estimate of drug-likeness (QED) is 0.340. The van der Waals surface area contributed by atoms with Crippen molar-refractivity contribution < 1.29 is 13.2 Å². The lowest BCUT2D eigenvalue weighted by Gasteiger charge is -2.12. The van der Waals surface area contributed by atoms with Gasteiger partial charge in [-0.15, -0.1) is 11.3 Å². The summed E-state index contributed by atoms with van der Waals surface area (Å²) >= 11 is 13.0. The van der Waals surface area contributed by atoms with Crippen molar-refractivity contribution in [2.75, 3.05) is 18.4 Å². The van der Waals surface area contributed by atoms with Gasteiger partial charge in [-0.2, -0.15) is 0 Å². The standard InChI is InChI=1S/C22H16Cl2N6O4S2/c23-15-10-13(28-22(32)29-36(33,34)19-6-5-18(24)35-19)2-4-17(15)30-11-27-16-9-12(20-25-7-8-26-20)1-3-14(16)21(30)31/h1-6,9-11H,7-8H2,(H,25,26)(H2,28,29,32). The van der Waals surface area contributed by atoms with E-state index in [1.54, 1.807) is 18.2 Å². The molecular formula is C22H16Cl2N6O4S2. The Balaban J connectivity index is 1.37. The van der Waals surface area contributed by atoms with Crippen molar-refractivity contribution >= 4 is 73.0 Å². The number of halogens is 2. The molecular weight excluding hydrogens is 547 g/mol. The molecule has 184 valence electrons. The van der Waals surface area contributed by atoms with E-state index in [1.165, 1.54) is 41.2 Å². The second-order valence-corrected chi connectivity index (χ2v) is 11.6. The Bertz CT molecular complexity index is 1720. The zero-order chi connectivity index (χ0) is 25.4. The van der Waals surface area contributed by atoms with Crippen LogP contribution < -0.4 is 20.9 Å². The number of thiophene rings is 1. The van der Waals surface area contributed by atoms with E-state index in [-0.39, 0.29) is 24.8 Å². The number of nitrogens with zero attached hydrogens (tertiary/aromatic N) is 3. The van der Waals surface area contributed by atoms with E-state index in [0.717, 1.165) is 29.3 Å². The van der Waals surface area contributed by atoms with Gasteiger partial charge in [0.05, 0.1) is 32.5 Å². The van der Waals surface area contributed by atoms with Crippen LogP contribution >= 0.6 is 34.5 Å². The summed E-state index contributed by atoms with van der Waals surface area (Å²) in [5.74, 6) is 0.769. The molecule has 0 atom stereocenters. The molecule has 0 saturated carbocycles. The molecule has 0 unspecified atom stereocenters. The molecule has 1 aliphatic heterocycles. The third kappa shape index (κ3) is 4.80. The Morgan fingerprint density at radius 2 is 1.94 bits per heavy atom. The zero-order valence-corrected chi connectivity index (χ0v) is 21.3. The maximum atomic E-state index is 13.1. The fraction of sp³-hybridized carbons (Fsp3) is 0.0909. The van der Waals surface area contributed by atoms with Crippen LogP contribution in [-0.2, 0) is 10.0 Å². The van der Waals surface area contributed by atoms with Crippen molar-refractivity contribution in [3.63, 3.8) is 0 Å². The minimum Gasteiger partial charge on any atom is -0.368 e. The molecule has 5 rings (SSSR count). The second kappa shape index (κ2) is 9.54. The third-order valence-electron chi connectivity index (χ3n) is 5.21. The molecule has 36 heavy (non-hydrogen) atoms. The highest BCUT2D eigenvalue weighted by molar-refractivity contribution is 7.92. The first-order chi connectivity index (χ1) is 17.2. The normalized spacial score (nSPS) is 13.3. The van der Waals surface area contributed by atoms with Crippen molar-refractivity contribution in [2.45, 2.75) is 4.21 Å². The molecule has 0 spiro atoms. The molecule has 3 N–H and O–H groups in total. The second-order valence-electron chi connectivity index (χ2n) is 7.59. The fourth-order valence-corrected chi connectivity index (χ4v) is 6.24. The van der Waals surface area contributed by atoms with E-state index < -0.39 is 16.1 Å². The van der Waals surface area contributed by atoms with Crippen LogP contribution in [0, 0.1) is 0 Å². The number of fused-ring (bicyclic) bond motifs is 1. The van der Waals surface area contributed by atoms with E-state index in [2.05, 4.69) is 20.6 Å². The summed E-state index contributed by atoms with van der Waals surface area (Å²) in [6.07, 6.45) is 1.37. The first kappa shape index (κ1) is 24.3. The van der Waals surface area contributed by atoms with Crippen molar-refractivity contribution in [1.29, 1.82) is 0 Å². The third-order valence-corrected chi connectivity index (χ3v) is 8.57. The van der Waals surface area contributed by atoms with Gasteiger partial charge >= 0.3 is 6.03 Å². The Morgan fingerprint density at radius 3 is 2.64 bits per heavy atom. The number of anilines is 1. The zero-order valence-electron chi connectivity index (χ0n) is 18.2. The van der Waals surface area contributed by atoms with Gasteiger partial charge in [-0.25, -0.2) is 22.9 Å². The molecule has 4 aromatic rings. The molecule has 3 heterocycles. The Labute approximate surface area is 218 Å². The summed E-state index contributed by atoms with van der Waals surface area (Å²) in [6, 6.07) is 11.4. The SMILES string of the molecule is O=C(Nc1ccc(-n2cnc3cc(C4=NCCN4)ccc3c2=O)c(Cl)c1)NS(=O)(=O)c1ccc(Cl)s1. The molecule has 10 nitrogen and oxygen atoms in total. The number of rotatable bonds is 5. The summed E-state index contributed by atoms with van der Waals surface area (Å²) < 4.78 is 28.0. The highest BCUT2D eigenvalue weighted by Gasteiger charge is 2.20. The predicted octanol–water partition coefficient (Wildman–Crippen LogP) is 3.61. The first-order valence-corrected chi connectivity index (χ1v) is 13.5. The number of hydrogen-bond acceptors (Lipinski definition) is 8. The highest BCUT2D eigenvalue weighted by Crippen LogP contribution is 2.26. The van der Waals surface area contributed by atoms with Crippen molar-refractivity contribution in [1.82, 2.24) is 19.6 Å². The van der Waals surface area contributed by atoms with Gasteiger partial charge in [0.2, 0.25) is 0 Å². The number of hydrogen-bond donors (Lipinski definition) is 3. The van der Waals surface area contributed by atoms with Gasteiger partial charge in [0, 0.05) is 17.8 Å². The van der Waals surface area contributed by atoms with Crippen LogP contribution in [0.15, 0.2) is 68.9 Å². The molecule has 2 aromatic heterocycles. The monoisotopic (exact) mass is 562 g/mol. The molecule has 0 aliphatic carbocycles. The molecule has 1 aliphatic rings. The molecule has 2 amide bonds. The molecule has 2 aromatic carbocycles. The minimum absolute atomic E-state index is 0.0983. The maximum Gasteiger partial charge on any atom is 0.333 e. The van der Waals surface area contributed by atoms with E-state index in [9.17, 15) is 18.0 Å². The maximum absolute atomic E-state index is 13.1. The van der Waals surface area contributed by atoms with Gasteiger partial charge in [-0.05, 0) is 42.5 Å². The average Bonchev–Trinajstić information content (AvgIpc) is 3.52. The number of amides is 2. The smallest absolute Gasteiger partial charge is 0.333 e. The van der Waals surface area contributed by atoms with Gasteiger partial charge in [-0.1, -0.05) is 29.3 Å². The van der Waals surface area contributed by atoms with Crippen molar-refractivity contribution in [3.8, 4) is 5.69 Å². The van der Waals surface area contributed by atoms with Crippen LogP contribution in [0.2, 0.25) is 9.36 Å². The van der Waals surface area contributed by atoms with Gasteiger partial charge < -0.3 is 10.6 Å². The number of urea groups is 1. The van der Waals surface area contributed by atoms with E-state index in [4.69, 9.17) is 23.2 Å². The molecule has 0 radical (unpaired) electrons. The van der Waals surface area contributed by atoms with Gasteiger partial charge in [0.25, 0.3) is 15.6 Å². The Morgan fingerprint density at radius 1 is 1.11 bits per heavy atom. The topological polar surface area (TPSA) is 135 Å². The fourth-order valence-electron chi connectivity index (χ4n) is 3.58. The number of nitrogens with one attached hydrogen (secondary N) is 3. The molecule has 0 bridgehead atoms. The Kier molecular flexibility index (Phi) is 6.43. The average molecular weight is 563 g/mol. The van der Waals surface area contributed by atoms with Gasteiger partial charge in [0.15, 0.2) is 0 Å². The number of amidine groups is 1. The largest absolute Gasteiger partial charge is 0.368 e. The van der Waals surface area contributed by atoms with Crippen LogP contribution in [0.5, 0.6) is 0 Å². The molecule has 0 saturated heterocycles. The summed E-state index contributed by atoms with van der Waals surface area (Å²) in [6.45, 7) is 1.47. The number of carbonyl (C=O) groups is 1. The molecule has 14 heteroatoms. The van der Waals surface area contributed by atoms with Crippen LogP contribution in [0.1, 0.15) is 5.56 Å². The van der Waals surface area contributed by atoms with Crippen molar-refractivity contribution in [3.05, 3.63) is 80.1 Å². The first-order valence-electron chi connectivity index (χ1n) is 10.4.